The van der Waals surface area contributed by atoms with E-state index in [4.69, 9.17) is 0 Å². The normalized spacial score (nSPS) is 44.3. The van der Waals surface area contributed by atoms with Crippen LogP contribution in [0.1, 0.15) is 27.2 Å². The molecule has 0 radical (unpaired) electrons. The molecule has 104 valence electrons. The highest BCUT2D eigenvalue weighted by atomic mass is 14.7. The van der Waals surface area contributed by atoms with Crippen molar-refractivity contribution in [2.45, 2.75) is 27.2 Å². The second-order valence-electron chi connectivity index (χ2n) is 7.13. The van der Waals surface area contributed by atoms with E-state index in [9.17, 15) is 5.26 Å². The van der Waals surface area contributed by atoms with Crippen molar-refractivity contribution in [1.82, 2.24) is 0 Å². The molecule has 20 heavy (non-hydrogen) atoms. The van der Waals surface area contributed by atoms with Crippen LogP contribution in [0.25, 0.3) is 0 Å². The summed E-state index contributed by atoms with van der Waals surface area (Å²) in [6, 6.07) is 2.70. The minimum Gasteiger partial charge on any atom is -0.197 e. The first-order valence-electron chi connectivity index (χ1n) is 7.63. The summed E-state index contributed by atoms with van der Waals surface area (Å²) in [6.07, 6.45) is 18.4. The summed E-state index contributed by atoms with van der Waals surface area (Å²) in [5.74, 6) is 2.02. The molecule has 0 N–H and O–H groups in total. The van der Waals surface area contributed by atoms with Crippen LogP contribution in [0.5, 0.6) is 0 Å². The molecule has 3 rings (SSSR count). The SMILES string of the molecule is C/C=C\C=C/C1(C#N)C2C=CC=CC2C2C1CC2(C)C. The Morgan fingerprint density at radius 1 is 1.20 bits per heavy atom. The van der Waals surface area contributed by atoms with Crippen LogP contribution in [-0.2, 0) is 0 Å². The van der Waals surface area contributed by atoms with Crippen molar-refractivity contribution in [1.29, 1.82) is 5.26 Å². The Bertz CT molecular complexity index is 555. The topological polar surface area (TPSA) is 23.8 Å². The monoisotopic (exact) mass is 265 g/mol. The molecule has 1 heteroatoms. The van der Waals surface area contributed by atoms with Crippen LogP contribution in [0.2, 0.25) is 0 Å². The molecule has 0 spiro atoms. The molecule has 2 fully saturated rings. The van der Waals surface area contributed by atoms with Gasteiger partial charge in [-0.2, -0.15) is 5.26 Å². The van der Waals surface area contributed by atoms with Crippen molar-refractivity contribution in [3.8, 4) is 6.07 Å². The molecule has 0 saturated heterocycles. The average molecular weight is 265 g/mol. The maximum absolute atomic E-state index is 9.96. The molecule has 2 saturated carbocycles. The third-order valence-electron chi connectivity index (χ3n) is 5.71. The van der Waals surface area contributed by atoms with Gasteiger partial charge in [-0.05, 0) is 36.5 Å². The summed E-state index contributed by atoms with van der Waals surface area (Å²) < 4.78 is 0. The maximum atomic E-state index is 9.96. The Hall–Kier alpha value is -1.55. The lowest BCUT2D eigenvalue weighted by Gasteiger charge is -2.52. The van der Waals surface area contributed by atoms with Crippen molar-refractivity contribution in [3.63, 3.8) is 0 Å². The predicted octanol–water partition coefficient (Wildman–Crippen LogP) is 4.66. The molecule has 0 amide bonds. The lowest BCUT2D eigenvalue weighted by Crippen LogP contribution is -2.47. The fraction of sp³-hybridized carbons (Fsp3) is 0.526. The van der Waals surface area contributed by atoms with Gasteiger partial charge in [0.15, 0.2) is 0 Å². The Balaban J connectivity index is 2.05. The van der Waals surface area contributed by atoms with Crippen LogP contribution < -0.4 is 0 Å². The van der Waals surface area contributed by atoms with Gasteiger partial charge in [0.25, 0.3) is 0 Å². The minimum atomic E-state index is -0.314. The molecule has 0 aromatic rings. The van der Waals surface area contributed by atoms with Crippen LogP contribution in [0.15, 0.2) is 48.6 Å². The van der Waals surface area contributed by atoms with Gasteiger partial charge < -0.3 is 0 Å². The van der Waals surface area contributed by atoms with Gasteiger partial charge in [-0.1, -0.05) is 62.5 Å². The zero-order valence-electron chi connectivity index (χ0n) is 12.6. The fourth-order valence-corrected chi connectivity index (χ4v) is 4.92. The lowest BCUT2D eigenvalue weighted by molar-refractivity contribution is -0.0256. The van der Waals surface area contributed by atoms with Crippen LogP contribution in [-0.4, -0.2) is 0 Å². The molecule has 0 aromatic carbocycles. The summed E-state index contributed by atoms with van der Waals surface area (Å²) >= 11 is 0. The summed E-state index contributed by atoms with van der Waals surface area (Å²) in [7, 11) is 0. The van der Waals surface area contributed by atoms with E-state index >= 15 is 0 Å². The number of nitriles is 1. The second-order valence-corrected chi connectivity index (χ2v) is 7.13. The molecule has 3 aliphatic rings. The van der Waals surface area contributed by atoms with Gasteiger partial charge >= 0.3 is 0 Å². The van der Waals surface area contributed by atoms with Gasteiger partial charge in [0.2, 0.25) is 0 Å². The van der Waals surface area contributed by atoms with E-state index in [0.717, 1.165) is 0 Å². The first-order chi connectivity index (χ1) is 9.57. The highest BCUT2D eigenvalue weighted by Gasteiger charge is 2.67. The summed E-state index contributed by atoms with van der Waals surface area (Å²) in [6.45, 7) is 6.74. The van der Waals surface area contributed by atoms with Crippen molar-refractivity contribution in [3.05, 3.63) is 48.6 Å². The third kappa shape index (κ3) is 1.61. The molecule has 0 bridgehead atoms. The number of nitrogens with zero attached hydrogens (tertiary/aromatic N) is 1. The summed E-state index contributed by atoms with van der Waals surface area (Å²) in [4.78, 5) is 0. The van der Waals surface area contributed by atoms with Crippen molar-refractivity contribution in [2.24, 2.45) is 34.5 Å². The fourth-order valence-electron chi connectivity index (χ4n) is 4.92. The molecule has 0 heterocycles. The largest absolute Gasteiger partial charge is 0.197 e. The first-order valence-corrected chi connectivity index (χ1v) is 7.63. The Kier molecular flexibility index (Phi) is 3.01. The molecule has 0 aromatic heterocycles. The van der Waals surface area contributed by atoms with E-state index in [1.165, 1.54) is 6.42 Å². The van der Waals surface area contributed by atoms with Crippen LogP contribution in [0.3, 0.4) is 0 Å². The molecule has 0 aliphatic heterocycles. The van der Waals surface area contributed by atoms with Gasteiger partial charge in [-0.25, -0.2) is 0 Å². The van der Waals surface area contributed by atoms with Gasteiger partial charge in [-0.15, -0.1) is 0 Å². The van der Waals surface area contributed by atoms with Crippen molar-refractivity contribution < 1.29 is 0 Å². The van der Waals surface area contributed by atoms with Crippen LogP contribution >= 0.6 is 0 Å². The van der Waals surface area contributed by atoms with Crippen molar-refractivity contribution in [2.75, 3.05) is 0 Å². The number of hydrogen-bond donors (Lipinski definition) is 0. The van der Waals surface area contributed by atoms with Gasteiger partial charge in [-0.3, -0.25) is 0 Å². The van der Waals surface area contributed by atoms with E-state index in [0.29, 0.717) is 29.1 Å². The number of rotatable bonds is 2. The van der Waals surface area contributed by atoms with Gasteiger partial charge in [0.05, 0.1) is 11.5 Å². The third-order valence-corrected chi connectivity index (χ3v) is 5.71. The number of fused-ring (bicyclic) bond motifs is 3. The smallest absolute Gasteiger partial charge is 0.0856 e. The van der Waals surface area contributed by atoms with E-state index in [1.54, 1.807) is 0 Å². The van der Waals surface area contributed by atoms with Crippen LogP contribution in [0, 0.1) is 45.8 Å². The first kappa shape index (κ1) is 13.4. The second kappa shape index (κ2) is 4.48. The highest BCUT2D eigenvalue weighted by molar-refractivity contribution is 5.37. The molecule has 5 unspecified atom stereocenters. The van der Waals surface area contributed by atoms with Gasteiger partial charge in [0, 0.05) is 5.92 Å². The van der Waals surface area contributed by atoms with E-state index in [2.05, 4.69) is 56.4 Å². The van der Waals surface area contributed by atoms with E-state index < -0.39 is 0 Å². The van der Waals surface area contributed by atoms with Gasteiger partial charge in [0.1, 0.15) is 0 Å². The Labute approximate surface area is 122 Å². The quantitative estimate of drug-likeness (QED) is 0.666. The molecule has 5 atom stereocenters. The average Bonchev–Trinajstić information content (AvgIpc) is 2.66. The zero-order chi connectivity index (χ0) is 14.4. The zero-order valence-corrected chi connectivity index (χ0v) is 12.6. The van der Waals surface area contributed by atoms with E-state index in [1.807, 2.05) is 19.1 Å². The van der Waals surface area contributed by atoms with Crippen molar-refractivity contribution >= 4 is 0 Å². The molecular weight excluding hydrogens is 242 g/mol. The highest BCUT2D eigenvalue weighted by Crippen LogP contribution is 2.71. The predicted molar refractivity (Wildman–Crippen MR) is 82.6 cm³/mol. The lowest BCUT2D eigenvalue weighted by atomic mass is 9.51. The maximum Gasteiger partial charge on any atom is 0.0856 e. The van der Waals surface area contributed by atoms with E-state index in [-0.39, 0.29) is 5.41 Å². The molecule has 1 nitrogen and oxygen atoms in total. The van der Waals surface area contributed by atoms with Crippen LogP contribution in [0.4, 0.5) is 0 Å². The number of hydrogen-bond acceptors (Lipinski definition) is 1. The standard InChI is InChI=1S/C19H23N/c1-4-5-8-11-19(13-20)15-10-7-6-9-14(15)17-16(19)12-18(17,2)3/h4-11,14-17H,12H2,1-3H3/b5-4-,11-8-. The molecule has 3 aliphatic carbocycles. The Morgan fingerprint density at radius 2 is 1.95 bits per heavy atom. The number of allylic oxidation sites excluding steroid dienone is 8. The Morgan fingerprint density at radius 3 is 2.60 bits per heavy atom. The summed E-state index contributed by atoms with van der Waals surface area (Å²) in [5.41, 5.74) is 0.0573. The molecular formula is C19H23N. The summed E-state index contributed by atoms with van der Waals surface area (Å²) in [5, 5.41) is 9.96. The minimum absolute atomic E-state index is 0.314.